The van der Waals surface area contributed by atoms with E-state index in [2.05, 4.69) is 54.4 Å². The Hall–Kier alpha value is -2.90. The minimum Gasteiger partial charge on any atom is -0.456 e. The average molecular weight is 478 g/mol. The molecule has 3 heterocycles. The van der Waals surface area contributed by atoms with Gasteiger partial charge in [-0.05, 0) is 37.1 Å². The molecule has 34 heavy (non-hydrogen) atoms. The van der Waals surface area contributed by atoms with Gasteiger partial charge in [0, 0.05) is 49.6 Å². The Morgan fingerprint density at radius 1 is 1.09 bits per heavy atom. The molecule has 2 fully saturated rings. The zero-order valence-electron chi connectivity index (χ0n) is 19.7. The second-order valence-corrected chi connectivity index (χ2v) is 10.1. The minimum absolute atomic E-state index is 0.0288. The number of ether oxygens (including phenoxy) is 2. The molecule has 6 nitrogen and oxygen atoms in total. The number of rotatable bonds is 5. The number of carbonyl (C=O) groups excluding carboxylic acids is 1. The molecule has 5 rings (SSSR count). The first-order valence-corrected chi connectivity index (χ1v) is 12.9. The van der Waals surface area contributed by atoms with Gasteiger partial charge in [0.2, 0.25) is 12.7 Å². The summed E-state index contributed by atoms with van der Waals surface area (Å²) in [7, 11) is 0. The van der Waals surface area contributed by atoms with E-state index >= 15 is 0 Å². The summed E-state index contributed by atoms with van der Waals surface area (Å²) in [5, 5.41) is 3.55. The van der Waals surface area contributed by atoms with E-state index in [0.717, 1.165) is 40.6 Å². The second kappa shape index (κ2) is 10.2. The van der Waals surface area contributed by atoms with Crippen molar-refractivity contribution < 1.29 is 14.3 Å². The van der Waals surface area contributed by atoms with Crippen LogP contribution >= 0.6 is 11.8 Å². The Bertz CT molecular complexity index is 1100. The van der Waals surface area contributed by atoms with Crippen LogP contribution in [0.25, 0.3) is 6.08 Å². The lowest BCUT2D eigenvalue weighted by molar-refractivity contribution is -0.127. The van der Waals surface area contributed by atoms with Crippen LogP contribution in [0.3, 0.4) is 0 Å². The lowest BCUT2D eigenvalue weighted by atomic mass is 10.1. The van der Waals surface area contributed by atoms with Crippen molar-refractivity contribution in [2.75, 3.05) is 37.1 Å². The first-order valence-electron chi connectivity index (χ1n) is 11.9. The molecular weight excluding hydrogens is 446 g/mol. The van der Waals surface area contributed by atoms with E-state index in [1.165, 1.54) is 5.69 Å². The monoisotopic (exact) mass is 477 g/mol. The van der Waals surface area contributed by atoms with Crippen molar-refractivity contribution in [3.8, 4) is 0 Å². The van der Waals surface area contributed by atoms with Crippen molar-refractivity contribution in [1.29, 1.82) is 0 Å². The molecule has 0 spiro atoms. The topological polar surface area (TPSA) is 54.0 Å². The van der Waals surface area contributed by atoms with Gasteiger partial charge >= 0.3 is 0 Å². The van der Waals surface area contributed by atoms with Crippen LogP contribution < -0.4 is 10.2 Å². The molecule has 2 aromatic rings. The van der Waals surface area contributed by atoms with Gasteiger partial charge in [-0.1, -0.05) is 48.5 Å². The van der Waals surface area contributed by atoms with E-state index in [1.807, 2.05) is 30.3 Å². The summed E-state index contributed by atoms with van der Waals surface area (Å²) in [6.07, 6.45) is 2.65. The molecule has 2 saturated heterocycles. The molecular formula is C27H31N3O3S. The molecule has 2 atom stereocenters. The lowest BCUT2D eigenvalue weighted by Gasteiger charge is -2.40. The molecule has 1 amide bonds. The fourth-order valence-corrected chi connectivity index (χ4v) is 5.58. The summed E-state index contributed by atoms with van der Waals surface area (Å²) in [5.41, 5.74) is 3.37. The number of piperazine rings is 1. The van der Waals surface area contributed by atoms with E-state index < -0.39 is 0 Å². The zero-order chi connectivity index (χ0) is 23.5. The summed E-state index contributed by atoms with van der Waals surface area (Å²) in [6.45, 7) is 7.09. The number of hydrogen-bond acceptors (Lipinski definition) is 6. The SMILES string of the molecule is CC1CN(c2ccccc2C=C2SCCN(C3=C(Cc4ccccc4)OCO3)C2=O)C(C)CN1. The second-order valence-electron chi connectivity index (χ2n) is 8.98. The minimum atomic E-state index is -0.0288. The Balaban J connectivity index is 1.41. The molecule has 1 N–H and O–H groups in total. The Morgan fingerprint density at radius 2 is 1.88 bits per heavy atom. The van der Waals surface area contributed by atoms with Crippen LogP contribution in [-0.4, -0.2) is 55.1 Å². The number of nitrogens with zero attached hydrogens (tertiary/aromatic N) is 2. The molecule has 0 saturated carbocycles. The fraction of sp³-hybridized carbons (Fsp3) is 0.370. The maximum absolute atomic E-state index is 13.6. The highest BCUT2D eigenvalue weighted by Gasteiger charge is 2.33. The average Bonchev–Trinajstić information content (AvgIpc) is 3.31. The number of benzene rings is 2. The number of nitrogens with one attached hydrogen (secondary N) is 1. The largest absolute Gasteiger partial charge is 0.456 e. The van der Waals surface area contributed by atoms with Crippen LogP contribution in [0.4, 0.5) is 5.69 Å². The summed E-state index contributed by atoms with van der Waals surface area (Å²) in [4.78, 5) is 18.5. The molecule has 7 heteroatoms. The smallest absolute Gasteiger partial charge is 0.267 e. The summed E-state index contributed by atoms with van der Waals surface area (Å²) >= 11 is 1.61. The molecule has 0 aromatic heterocycles. The van der Waals surface area contributed by atoms with Crippen molar-refractivity contribution >= 4 is 29.4 Å². The van der Waals surface area contributed by atoms with Gasteiger partial charge in [0.05, 0.1) is 4.91 Å². The lowest BCUT2D eigenvalue weighted by Crippen LogP contribution is -2.54. The van der Waals surface area contributed by atoms with E-state index in [9.17, 15) is 4.79 Å². The van der Waals surface area contributed by atoms with E-state index in [4.69, 9.17) is 9.47 Å². The van der Waals surface area contributed by atoms with Crippen LogP contribution in [0.2, 0.25) is 0 Å². The molecule has 178 valence electrons. The summed E-state index contributed by atoms with van der Waals surface area (Å²) < 4.78 is 11.6. The number of hydrogen-bond donors (Lipinski definition) is 1. The van der Waals surface area contributed by atoms with Crippen LogP contribution in [0, 0.1) is 0 Å². The van der Waals surface area contributed by atoms with Gasteiger partial charge in [0.25, 0.3) is 5.91 Å². The number of amides is 1. The predicted molar refractivity (Wildman–Crippen MR) is 137 cm³/mol. The zero-order valence-corrected chi connectivity index (χ0v) is 20.5. The standard InChI is InChI=1S/C27H31N3O3S/c1-19-17-30(20(2)16-28-19)23-11-7-6-10-22(23)15-25-26(31)29(12-13-34-25)27-24(32-18-33-27)14-21-8-4-3-5-9-21/h3-11,15,19-20,28H,12-14,16-18H2,1-2H3. The summed E-state index contributed by atoms with van der Waals surface area (Å²) in [5.74, 6) is 2.05. The maximum Gasteiger partial charge on any atom is 0.267 e. The highest BCUT2D eigenvalue weighted by molar-refractivity contribution is 8.04. The molecule has 2 aromatic carbocycles. The Labute approximate surface area is 205 Å². The number of para-hydroxylation sites is 1. The molecule has 3 aliphatic rings. The van der Waals surface area contributed by atoms with Crippen molar-refractivity contribution in [2.45, 2.75) is 32.4 Å². The first kappa shape index (κ1) is 22.9. The van der Waals surface area contributed by atoms with Crippen LogP contribution in [0.5, 0.6) is 0 Å². The van der Waals surface area contributed by atoms with Crippen molar-refractivity contribution in [3.05, 3.63) is 82.3 Å². The highest BCUT2D eigenvalue weighted by Crippen LogP contribution is 2.34. The Kier molecular flexibility index (Phi) is 6.83. The normalized spacial score (nSPS) is 24.4. The number of thioether (sulfide) groups is 1. The van der Waals surface area contributed by atoms with Crippen molar-refractivity contribution in [2.24, 2.45) is 0 Å². The third-order valence-corrected chi connectivity index (χ3v) is 7.44. The van der Waals surface area contributed by atoms with Gasteiger partial charge in [0.1, 0.15) is 0 Å². The first-order chi connectivity index (χ1) is 16.6. The third kappa shape index (κ3) is 4.81. The van der Waals surface area contributed by atoms with Crippen molar-refractivity contribution in [1.82, 2.24) is 10.2 Å². The number of allylic oxidation sites excluding steroid dienone is 1. The van der Waals surface area contributed by atoms with Gasteiger partial charge in [-0.25, -0.2) is 0 Å². The highest BCUT2D eigenvalue weighted by atomic mass is 32.2. The van der Waals surface area contributed by atoms with Crippen LogP contribution in [0.15, 0.2) is 71.1 Å². The van der Waals surface area contributed by atoms with Gasteiger partial charge in [0.15, 0.2) is 5.76 Å². The fourth-order valence-electron chi connectivity index (χ4n) is 4.64. The van der Waals surface area contributed by atoms with Gasteiger partial charge in [-0.2, -0.15) is 0 Å². The van der Waals surface area contributed by atoms with Crippen molar-refractivity contribution in [3.63, 3.8) is 0 Å². The molecule has 0 radical (unpaired) electrons. The maximum atomic E-state index is 13.6. The molecule has 0 aliphatic carbocycles. The third-order valence-electron chi connectivity index (χ3n) is 6.45. The predicted octanol–water partition coefficient (Wildman–Crippen LogP) is 4.21. The van der Waals surface area contributed by atoms with E-state index in [1.54, 1.807) is 16.7 Å². The van der Waals surface area contributed by atoms with Crippen LogP contribution in [-0.2, 0) is 20.7 Å². The Morgan fingerprint density at radius 3 is 2.74 bits per heavy atom. The van der Waals surface area contributed by atoms with E-state index in [0.29, 0.717) is 30.9 Å². The van der Waals surface area contributed by atoms with Gasteiger partial charge in [-0.3, -0.25) is 9.69 Å². The molecule has 0 bridgehead atoms. The summed E-state index contributed by atoms with van der Waals surface area (Å²) in [6, 6.07) is 19.3. The molecule has 2 unspecified atom stereocenters. The van der Waals surface area contributed by atoms with Gasteiger partial charge in [-0.15, -0.1) is 11.8 Å². The molecule has 3 aliphatic heterocycles. The van der Waals surface area contributed by atoms with E-state index in [-0.39, 0.29) is 12.7 Å². The number of carbonyl (C=O) groups is 1. The van der Waals surface area contributed by atoms with Gasteiger partial charge < -0.3 is 19.7 Å². The quantitative estimate of drug-likeness (QED) is 0.652. The number of anilines is 1. The van der Waals surface area contributed by atoms with Crippen LogP contribution in [0.1, 0.15) is 25.0 Å².